The second-order valence-electron chi connectivity index (χ2n) is 4.05. The summed E-state index contributed by atoms with van der Waals surface area (Å²) in [6, 6.07) is 11.9. The van der Waals surface area contributed by atoms with Gasteiger partial charge in [-0.2, -0.15) is 0 Å². The lowest BCUT2D eigenvalue weighted by Gasteiger charge is -2.05. The third-order valence-corrected chi connectivity index (χ3v) is 3.39. The Kier molecular flexibility index (Phi) is 4.32. The number of hydrogen-bond donors (Lipinski definition) is 0. The number of halogens is 2. The molecule has 0 amide bonds. The molecule has 0 radical (unpaired) electrons. The average Bonchev–Trinajstić information content (AvgIpc) is 2.42. The van der Waals surface area contributed by atoms with Crippen molar-refractivity contribution in [3.05, 3.63) is 63.9 Å². The van der Waals surface area contributed by atoms with Crippen molar-refractivity contribution < 1.29 is 13.9 Å². The van der Waals surface area contributed by atoms with Crippen LogP contribution in [0.3, 0.4) is 0 Å². The number of rotatable bonds is 4. The number of methoxy groups -OCH3 is 1. The van der Waals surface area contributed by atoms with Gasteiger partial charge in [0.1, 0.15) is 11.6 Å². The van der Waals surface area contributed by atoms with Gasteiger partial charge in [-0.25, -0.2) is 4.39 Å². The summed E-state index contributed by atoms with van der Waals surface area (Å²) < 4.78 is 19.1. The molecule has 0 aromatic heterocycles. The topological polar surface area (TPSA) is 26.3 Å². The van der Waals surface area contributed by atoms with Gasteiger partial charge in [0.05, 0.1) is 17.1 Å². The number of carbonyl (C=O) groups is 1. The molecule has 2 rings (SSSR count). The van der Waals surface area contributed by atoms with Crippen molar-refractivity contribution in [1.29, 1.82) is 0 Å². The lowest BCUT2D eigenvalue weighted by molar-refractivity contribution is 0.0989. The molecule has 0 aliphatic carbocycles. The molecular weight excluding hydrogens is 311 g/mol. The van der Waals surface area contributed by atoms with Crippen molar-refractivity contribution >= 4 is 21.7 Å². The smallest absolute Gasteiger partial charge is 0.170 e. The Labute approximate surface area is 119 Å². The highest BCUT2D eigenvalue weighted by Crippen LogP contribution is 2.20. The van der Waals surface area contributed by atoms with E-state index in [9.17, 15) is 9.18 Å². The highest BCUT2D eigenvalue weighted by molar-refractivity contribution is 9.10. The van der Waals surface area contributed by atoms with E-state index in [0.29, 0.717) is 4.47 Å². The first-order valence-electron chi connectivity index (χ1n) is 5.72. The van der Waals surface area contributed by atoms with Crippen LogP contribution in [-0.2, 0) is 6.42 Å². The summed E-state index contributed by atoms with van der Waals surface area (Å²) in [4.78, 5) is 12.0. The minimum atomic E-state index is -0.513. The maximum Gasteiger partial charge on any atom is 0.170 e. The first-order chi connectivity index (χ1) is 9.11. The van der Waals surface area contributed by atoms with E-state index < -0.39 is 5.82 Å². The molecule has 0 fully saturated rings. The zero-order valence-corrected chi connectivity index (χ0v) is 11.9. The van der Waals surface area contributed by atoms with E-state index in [1.807, 2.05) is 0 Å². The van der Waals surface area contributed by atoms with Gasteiger partial charge in [-0.3, -0.25) is 4.79 Å². The van der Waals surface area contributed by atoms with Crippen LogP contribution in [0.15, 0.2) is 46.9 Å². The fourth-order valence-electron chi connectivity index (χ4n) is 1.74. The van der Waals surface area contributed by atoms with E-state index in [4.69, 9.17) is 4.74 Å². The van der Waals surface area contributed by atoms with E-state index in [1.165, 1.54) is 6.07 Å². The summed E-state index contributed by atoms with van der Waals surface area (Å²) in [7, 11) is 1.58. The van der Waals surface area contributed by atoms with Gasteiger partial charge in [0, 0.05) is 6.42 Å². The van der Waals surface area contributed by atoms with Gasteiger partial charge < -0.3 is 4.74 Å². The number of carbonyl (C=O) groups excluding carboxylic acids is 1. The zero-order chi connectivity index (χ0) is 13.8. The standard InChI is InChI=1S/C15H12BrFO2/c1-19-11-7-5-10(6-8-11)9-14(18)12-3-2-4-13(16)15(12)17/h2-8H,9H2,1H3. The molecule has 0 bridgehead atoms. The minimum absolute atomic E-state index is 0.102. The monoisotopic (exact) mass is 322 g/mol. The van der Waals surface area contributed by atoms with Crippen LogP contribution < -0.4 is 4.74 Å². The number of hydrogen-bond acceptors (Lipinski definition) is 2. The molecule has 0 N–H and O–H groups in total. The molecule has 0 aliphatic heterocycles. The fourth-order valence-corrected chi connectivity index (χ4v) is 2.11. The number of ether oxygens (including phenoxy) is 1. The highest BCUT2D eigenvalue weighted by Gasteiger charge is 2.14. The van der Waals surface area contributed by atoms with Crippen molar-refractivity contribution in [2.24, 2.45) is 0 Å². The molecule has 0 heterocycles. The van der Waals surface area contributed by atoms with Crippen LogP contribution >= 0.6 is 15.9 Å². The summed E-state index contributed by atoms with van der Waals surface area (Å²) in [6.45, 7) is 0. The van der Waals surface area contributed by atoms with Gasteiger partial charge in [0.15, 0.2) is 5.78 Å². The van der Waals surface area contributed by atoms with Gasteiger partial charge in [-0.05, 0) is 45.8 Å². The highest BCUT2D eigenvalue weighted by atomic mass is 79.9. The Balaban J connectivity index is 2.18. The summed E-state index contributed by atoms with van der Waals surface area (Å²) in [5, 5.41) is 0. The van der Waals surface area contributed by atoms with Gasteiger partial charge in [-0.15, -0.1) is 0 Å². The van der Waals surface area contributed by atoms with Gasteiger partial charge in [-0.1, -0.05) is 18.2 Å². The van der Waals surface area contributed by atoms with Gasteiger partial charge >= 0.3 is 0 Å². The van der Waals surface area contributed by atoms with Crippen molar-refractivity contribution in [3.8, 4) is 5.75 Å². The van der Waals surface area contributed by atoms with Gasteiger partial charge in [0.2, 0.25) is 0 Å². The third kappa shape index (κ3) is 3.20. The van der Waals surface area contributed by atoms with Crippen molar-refractivity contribution in [3.63, 3.8) is 0 Å². The Morgan fingerprint density at radius 1 is 1.21 bits per heavy atom. The molecule has 19 heavy (non-hydrogen) atoms. The molecule has 0 aliphatic rings. The Bertz CT molecular complexity index is 594. The molecule has 98 valence electrons. The molecule has 2 aromatic rings. The molecule has 0 saturated heterocycles. The quantitative estimate of drug-likeness (QED) is 0.795. The second kappa shape index (κ2) is 5.97. The Morgan fingerprint density at radius 3 is 2.53 bits per heavy atom. The molecular formula is C15H12BrFO2. The predicted octanol–water partition coefficient (Wildman–Crippen LogP) is 4.02. The third-order valence-electron chi connectivity index (χ3n) is 2.78. The van der Waals surface area contributed by atoms with Crippen LogP contribution in [0, 0.1) is 5.82 Å². The molecule has 2 nitrogen and oxygen atoms in total. The van der Waals surface area contributed by atoms with Crippen LogP contribution in [0.2, 0.25) is 0 Å². The number of benzene rings is 2. The first kappa shape index (κ1) is 13.7. The molecule has 2 aromatic carbocycles. The van der Waals surface area contributed by atoms with E-state index in [1.54, 1.807) is 43.5 Å². The zero-order valence-electron chi connectivity index (χ0n) is 10.3. The van der Waals surface area contributed by atoms with Crippen molar-refractivity contribution in [1.82, 2.24) is 0 Å². The Morgan fingerprint density at radius 2 is 1.89 bits per heavy atom. The summed E-state index contributed by atoms with van der Waals surface area (Å²) in [5.74, 6) is -0.0326. The first-order valence-corrected chi connectivity index (χ1v) is 6.51. The van der Waals surface area contributed by atoms with Crippen LogP contribution in [-0.4, -0.2) is 12.9 Å². The lowest BCUT2D eigenvalue weighted by atomic mass is 10.0. The molecule has 0 atom stereocenters. The number of Topliss-reactive ketones (excluding diaryl/α,β-unsaturated/α-hetero) is 1. The SMILES string of the molecule is COc1ccc(CC(=O)c2cccc(Br)c2F)cc1. The fraction of sp³-hybridized carbons (Fsp3) is 0.133. The van der Waals surface area contributed by atoms with Crippen molar-refractivity contribution in [2.75, 3.05) is 7.11 Å². The van der Waals surface area contributed by atoms with E-state index in [0.717, 1.165) is 11.3 Å². The molecule has 0 spiro atoms. The second-order valence-corrected chi connectivity index (χ2v) is 4.90. The summed E-state index contributed by atoms with van der Waals surface area (Å²) >= 11 is 3.07. The normalized spacial score (nSPS) is 10.3. The summed E-state index contributed by atoms with van der Waals surface area (Å²) in [6.07, 6.45) is 0.164. The van der Waals surface area contributed by atoms with E-state index in [2.05, 4.69) is 15.9 Å². The molecule has 0 unspecified atom stereocenters. The van der Waals surface area contributed by atoms with Crippen LogP contribution in [0.4, 0.5) is 4.39 Å². The van der Waals surface area contributed by atoms with E-state index >= 15 is 0 Å². The molecule has 4 heteroatoms. The van der Waals surface area contributed by atoms with Crippen LogP contribution in [0.5, 0.6) is 5.75 Å². The molecule has 0 saturated carbocycles. The Hall–Kier alpha value is -1.68. The van der Waals surface area contributed by atoms with Crippen molar-refractivity contribution in [2.45, 2.75) is 6.42 Å². The maximum atomic E-state index is 13.8. The van der Waals surface area contributed by atoms with Gasteiger partial charge in [0.25, 0.3) is 0 Å². The predicted molar refractivity (Wildman–Crippen MR) is 75.1 cm³/mol. The van der Waals surface area contributed by atoms with Crippen LogP contribution in [0.1, 0.15) is 15.9 Å². The summed E-state index contributed by atoms with van der Waals surface area (Å²) in [5.41, 5.74) is 0.926. The van der Waals surface area contributed by atoms with Crippen LogP contribution in [0.25, 0.3) is 0 Å². The largest absolute Gasteiger partial charge is 0.497 e. The minimum Gasteiger partial charge on any atom is -0.497 e. The lowest BCUT2D eigenvalue weighted by Crippen LogP contribution is -2.06. The maximum absolute atomic E-state index is 13.8. The number of ketones is 1. The van der Waals surface area contributed by atoms with E-state index in [-0.39, 0.29) is 17.8 Å². The average molecular weight is 323 g/mol.